The lowest BCUT2D eigenvalue weighted by molar-refractivity contribution is 0.393. The average molecular weight is 308 g/mol. The van der Waals surface area contributed by atoms with Gasteiger partial charge in [0.1, 0.15) is 11.5 Å². The number of aromatic nitrogens is 1. The molecule has 0 saturated carbocycles. The van der Waals surface area contributed by atoms with Crippen LogP contribution in [0.25, 0.3) is 10.9 Å². The molecule has 0 unspecified atom stereocenters. The third-order valence-corrected chi connectivity index (χ3v) is 3.79. The summed E-state index contributed by atoms with van der Waals surface area (Å²) in [7, 11) is 3.33. The minimum Gasteiger partial charge on any atom is -0.497 e. The maximum absolute atomic E-state index is 5.31. The van der Waals surface area contributed by atoms with E-state index < -0.39 is 0 Å². The number of fused-ring (bicyclic) bond motifs is 1. The fraction of sp³-hybridized carbons (Fsp3) is 0.211. The topological polar surface area (TPSA) is 43.4 Å². The van der Waals surface area contributed by atoms with Crippen LogP contribution in [0, 0.1) is 0 Å². The first-order valence-corrected chi connectivity index (χ1v) is 7.60. The SMILES string of the molecule is COc1cc(CCNc2ccnc3ccccc23)cc(OC)c1. The molecule has 0 aliphatic carbocycles. The highest BCUT2D eigenvalue weighted by atomic mass is 16.5. The Labute approximate surface area is 136 Å². The van der Waals surface area contributed by atoms with Crippen LogP contribution in [0.5, 0.6) is 11.5 Å². The maximum atomic E-state index is 5.31. The van der Waals surface area contributed by atoms with Gasteiger partial charge in [0.05, 0.1) is 19.7 Å². The van der Waals surface area contributed by atoms with Gasteiger partial charge in [0, 0.05) is 29.9 Å². The molecule has 1 N–H and O–H groups in total. The van der Waals surface area contributed by atoms with E-state index in [1.807, 2.05) is 48.7 Å². The van der Waals surface area contributed by atoms with Gasteiger partial charge in [-0.05, 0) is 36.2 Å². The molecule has 0 radical (unpaired) electrons. The van der Waals surface area contributed by atoms with Crippen LogP contribution in [0.15, 0.2) is 54.7 Å². The Morgan fingerprint density at radius 3 is 2.43 bits per heavy atom. The number of hydrogen-bond donors (Lipinski definition) is 1. The van der Waals surface area contributed by atoms with Crippen LogP contribution in [0.4, 0.5) is 5.69 Å². The van der Waals surface area contributed by atoms with Crippen molar-refractivity contribution in [2.45, 2.75) is 6.42 Å². The number of nitrogens with one attached hydrogen (secondary N) is 1. The molecular formula is C19H20N2O2. The maximum Gasteiger partial charge on any atom is 0.122 e. The highest BCUT2D eigenvalue weighted by molar-refractivity contribution is 5.90. The van der Waals surface area contributed by atoms with Crippen LogP contribution in [-0.4, -0.2) is 25.7 Å². The van der Waals surface area contributed by atoms with Crippen molar-refractivity contribution in [1.29, 1.82) is 0 Å². The van der Waals surface area contributed by atoms with Crippen molar-refractivity contribution in [2.24, 2.45) is 0 Å². The molecule has 2 aromatic carbocycles. The molecule has 0 amide bonds. The number of methoxy groups -OCH3 is 2. The summed E-state index contributed by atoms with van der Waals surface area (Å²) in [6.45, 7) is 0.824. The normalized spacial score (nSPS) is 10.5. The summed E-state index contributed by atoms with van der Waals surface area (Å²) in [4.78, 5) is 4.38. The highest BCUT2D eigenvalue weighted by Crippen LogP contribution is 2.24. The standard InChI is InChI=1S/C19H20N2O2/c1-22-15-11-14(12-16(13-15)23-2)7-9-20-19-8-10-21-18-6-4-3-5-17(18)19/h3-6,8,10-13H,7,9H2,1-2H3,(H,20,21). The number of hydrogen-bond acceptors (Lipinski definition) is 4. The van der Waals surface area contributed by atoms with Crippen molar-refractivity contribution in [3.05, 3.63) is 60.3 Å². The summed E-state index contributed by atoms with van der Waals surface area (Å²) in [5.74, 6) is 1.63. The largest absolute Gasteiger partial charge is 0.497 e. The van der Waals surface area contributed by atoms with Gasteiger partial charge in [-0.3, -0.25) is 4.98 Å². The van der Waals surface area contributed by atoms with Crippen molar-refractivity contribution in [1.82, 2.24) is 4.98 Å². The molecule has 1 aromatic heterocycles. The lowest BCUT2D eigenvalue weighted by Crippen LogP contribution is -2.06. The molecule has 3 aromatic rings. The summed E-state index contributed by atoms with van der Waals surface area (Å²) in [6.07, 6.45) is 2.71. The van der Waals surface area contributed by atoms with Gasteiger partial charge in [-0.2, -0.15) is 0 Å². The van der Waals surface area contributed by atoms with E-state index in [4.69, 9.17) is 9.47 Å². The van der Waals surface area contributed by atoms with Crippen LogP contribution >= 0.6 is 0 Å². The molecule has 0 saturated heterocycles. The Morgan fingerprint density at radius 2 is 1.70 bits per heavy atom. The first-order valence-electron chi connectivity index (χ1n) is 7.60. The second kappa shape index (κ2) is 7.01. The fourth-order valence-electron chi connectivity index (χ4n) is 2.60. The van der Waals surface area contributed by atoms with Gasteiger partial charge >= 0.3 is 0 Å². The molecule has 0 spiro atoms. The molecular weight excluding hydrogens is 288 g/mol. The Kier molecular flexibility index (Phi) is 4.62. The minimum absolute atomic E-state index is 0.814. The summed E-state index contributed by atoms with van der Waals surface area (Å²) in [6, 6.07) is 16.1. The van der Waals surface area contributed by atoms with Crippen LogP contribution in [0.2, 0.25) is 0 Å². The van der Waals surface area contributed by atoms with Crippen LogP contribution in [0.1, 0.15) is 5.56 Å². The molecule has 4 nitrogen and oxygen atoms in total. The number of pyridine rings is 1. The van der Waals surface area contributed by atoms with E-state index in [-0.39, 0.29) is 0 Å². The number of nitrogens with zero attached hydrogens (tertiary/aromatic N) is 1. The Morgan fingerprint density at radius 1 is 0.957 bits per heavy atom. The monoisotopic (exact) mass is 308 g/mol. The Hall–Kier alpha value is -2.75. The van der Waals surface area contributed by atoms with Crippen molar-refractivity contribution < 1.29 is 9.47 Å². The van der Waals surface area contributed by atoms with Gasteiger partial charge in [-0.1, -0.05) is 18.2 Å². The van der Waals surface area contributed by atoms with Gasteiger partial charge in [0.25, 0.3) is 0 Å². The van der Waals surface area contributed by atoms with Gasteiger partial charge < -0.3 is 14.8 Å². The molecule has 0 aliphatic rings. The second-order valence-electron chi connectivity index (χ2n) is 5.27. The lowest BCUT2D eigenvalue weighted by atomic mass is 10.1. The zero-order valence-corrected chi connectivity index (χ0v) is 13.4. The minimum atomic E-state index is 0.814. The van der Waals surface area contributed by atoms with Crippen LogP contribution < -0.4 is 14.8 Å². The van der Waals surface area contributed by atoms with Gasteiger partial charge in [-0.25, -0.2) is 0 Å². The summed E-state index contributed by atoms with van der Waals surface area (Å²) < 4.78 is 10.6. The molecule has 3 rings (SSSR count). The van der Waals surface area contributed by atoms with Crippen LogP contribution in [-0.2, 0) is 6.42 Å². The quantitative estimate of drug-likeness (QED) is 0.750. The number of anilines is 1. The van der Waals surface area contributed by atoms with E-state index in [1.165, 1.54) is 5.56 Å². The summed E-state index contributed by atoms with van der Waals surface area (Å²) in [5, 5.41) is 4.63. The second-order valence-corrected chi connectivity index (χ2v) is 5.27. The van der Waals surface area contributed by atoms with Crippen LogP contribution in [0.3, 0.4) is 0 Å². The fourth-order valence-corrected chi connectivity index (χ4v) is 2.60. The van der Waals surface area contributed by atoms with Crippen molar-refractivity contribution in [3.63, 3.8) is 0 Å². The van der Waals surface area contributed by atoms with Crippen molar-refractivity contribution in [3.8, 4) is 11.5 Å². The van der Waals surface area contributed by atoms with E-state index in [2.05, 4.69) is 16.4 Å². The van der Waals surface area contributed by atoms with Gasteiger partial charge in [0.15, 0.2) is 0 Å². The van der Waals surface area contributed by atoms with E-state index in [0.29, 0.717) is 0 Å². The first-order chi connectivity index (χ1) is 11.3. The predicted octanol–water partition coefficient (Wildman–Crippen LogP) is 3.91. The summed E-state index contributed by atoms with van der Waals surface area (Å²) in [5.41, 5.74) is 3.28. The lowest BCUT2D eigenvalue weighted by Gasteiger charge is -2.11. The molecule has 0 fully saturated rings. The van der Waals surface area contributed by atoms with E-state index in [0.717, 1.165) is 41.1 Å². The molecule has 0 aliphatic heterocycles. The zero-order valence-electron chi connectivity index (χ0n) is 13.4. The zero-order chi connectivity index (χ0) is 16.1. The number of ether oxygens (including phenoxy) is 2. The molecule has 0 bridgehead atoms. The highest BCUT2D eigenvalue weighted by Gasteiger charge is 2.04. The first kappa shape index (κ1) is 15.2. The van der Waals surface area contributed by atoms with Gasteiger partial charge in [0.2, 0.25) is 0 Å². The predicted molar refractivity (Wildman–Crippen MR) is 93.5 cm³/mol. The van der Waals surface area contributed by atoms with E-state index >= 15 is 0 Å². The molecule has 0 atom stereocenters. The van der Waals surface area contributed by atoms with Gasteiger partial charge in [-0.15, -0.1) is 0 Å². The van der Waals surface area contributed by atoms with Crippen molar-refractivity contribution >= 4 is 16.6 Å². The van der Waals surface area contributed by atoms with E-state index in [9.17, 15) is 0 Å². The third-order valence-electron chi connectivity index (χ3n) is 3.79. The number of para-hydroxylation sites is 1. The third kappa shape index (κ3) is 3.54. The number of benzene rings is 2. The molecule has 1 heterocycles. The van der Waals surface area contributed by atoms with E-state index in [1.54, 1.807) is 14.2 Å². The molecule has 118 valence electrons. The molecule has 4 heteroatoms. The average Bonchev–Trinajstić information content (AvgIpc) is 2.61. The Bertz CT molecular complexity index is 775. The van der Waals surface area contributed by atoms with Crippen molar-refractivity contribution in [2.75, 3.05) is 26.1 Å². The summed E-state index contributed by atoms with van der Waals surface area (Å²) >= 11 is 0. The smallest absolute Gasteiger partial charge is 0.122 e. The Balaban J connectivity index is 1.71. The number of rotatable bonds is 6. The molecule has 23 heavy (non-hydrogen) atoms.